The number of nitro benzene ring substituents is 1. The van der Waals surface area contributed by atoms with Crippen molar-refractivity contribution in [1.29, 1.82) is 0 Å². The van der Waals surface area contributed by atoms with E-state index in [0.29, 0.717) is 17.4 Å². The largest absolute Gasteiger partial charge is 0.289 e. The van der Waals surface area contributed by atoms with Crippen molar-refractivity contribution in [2.75, 3.05) is 0 Å². The van der Waals surface area contributed by atoms with E-state index in [2.05, 4.69) is 11.8 Å². The van der Waals surface area contributed by atoms with Crippen LogP contribution in [-0.2, 0) is 4.79 Å². The fourth-order valence-corrected chi connectivity index (χ4v) is 1.01. The Balaban J connectivity index is 3.13. The Labute approximate surface area is 80.7 Å². The molecule has 1 aromatic carbocycles. The highest BCUT2D eigenvalue weighted by Gasteiger charge is 2.06. The number of hydrogen-bond acceptors (Lipinski definition) is 3. The zero-order chi connectivity index (χ0) is 10.6. The van der Waals surface area contributed by atoms with Gasteiger partial charge in [-0.25, -0.2) is 0 Å². The van der Waals surface area contributed by atoms with Gasteiger partial charge in [-0.15, -0.1) is 0 Å². The molecule has 0 saturated heterocycles. The van der Waals surface area contributed by atoms with Gasteiger partial charge in [-0.3, -0.25) is 14.9 Å². The average Bonchev–Trinajstić information content (AvgIpc) is 2.15. The SMILES string of the molecule is Cc1cc([N+](=O)[O-])ccc1C#CC=O. The van der Waals surface area contributed by atoms with Gasteiger partial charge in [0.05, 0.1) is 4.92 Å². The van der Waals surface area contributed by atoms with Gasteiger partial charge >= 0.3 is 0 Å². The van der Waals surface area contributed by atoms with E-state index in [9.17, 15) is 14.9 Å². The van der Waals surface area contributed by atoms with Gasteiger partial charge in [-0.05, 0) is 24.5 Å². The molecule has 0 heterocycles. The molecular weight excluding hydrogens is 182 g/mol. The third-order valence-electron chi connectivity index (χ3n) is 1.69. The van der Waals surface area contributed by atoms with Crippen molar-refractivity contribution in [3.63, 3.8) is 0 Å². The molecule has 4 heteroatoms. The summed E-state index contributed by atoms with van der Waals surface area (Å²) in [6, 6.07) is 4.32. The predicted octanol–water partition coefficient (Wildman–Crippen LogP) is 1.45. The first kappa shape index (κ1) is 9.93. The van der Waals surface area contributed by atoms with Gasteiger partial charge in [-0.2, -0.15) is 0 Å². The van der Waals surface area contributed by atoms with Crippen molar-refractivity contribution in [2.24, 2.45) is 0 Å². The zero-order valence-electron chi connectivity index (χ0n) is 7.48. The lowest BCUT2D eigenvalue weighted by atomic mass is 10.1. The number of carbonyl (C=O) groups excluding carboxylic acids is 1. The zero-order valence-corrected chi connectivity index (χ0v) is 7.48. The van der Waals surface area contributed by atoms with Crippen molar-refractivity contribution in [3.8, 4) is 11.8 Å². The Hall–Kier alpha value is -2.15. The summed E-state index contributed by atoms with van der Waals surface area (Å²) < 4.78 is 0. The number of non-ortho nitro benzene ring substituents is 1. The lowest BCUT2D eigenvalue weighted by Crippen LogP contribution is -1.90. The van der Waals surface area contributed by atoms with Crippen LogP contribution >= 0.6 is 0 Å². The molecule has 14 heavy (non-hydrogen) atoms. The molecule has 1 rings (SSSR count). The summed E-state index contributed by atoms with van der Waals surface area (Å²) in [5.41, 5.74) is 1.34. The van der Waals surface area contributed by atoms with E-state index >= 15 is 0 Å². The van der Waals surface area contributed by atoms with Gasteiger partial charge in [0.15, 0.2) is 6.29 Å². The smallest absolute Gasteiger partial charge is 0.269 e. The molecule has 0 atom stereocenters. The van der Waals surface area contributed by atoms with Crippen molar-refractivity contribution >= 4 is 12.0 Å². The van der Waals surface area contributed by atoms with E-state index in [1.807, 2.05) is 0 Å². The van der Waals surface area contributed by atoms with Crippen LogP contribution in [0, 0.1) is 28.9 Å². The van der Waals surface area contributed by atoms with E-state index in [1.165, 1.54) is 18.2 Å². The van der Waals surface area contributed by atoms with Crippen molar-refractivity contribution in [2.45, 2.75) is 6.92 Å². The highest BCUT2D eigenvalue weighted by Crippen LogP contribution is 2.15. The molecule has 0 amide bonds. The second-order valence-corrected chi connectivity index (χ2v) is 2.64. The normalized spacial score (nSPS) is 8.64. The molecule has 4 nitrogen and oxygen atoms in total. The molecule has 0 aromatic heterocycles. The Bertz CT molecular complexity index is 440. The van der Waals surface area contributed by atoms with Gasteiger partial charge in [0, 0.05) is 17.7 Å². The number of benzene rings is 1. The molecule has 0 spiro atoms. The van der Waals surface area contributed by atoms with E-state index in [-0.39, 0.29) is 5.69 Å². The lowest BCUT2D eigenvalue weighted by molar-refractivity contribution is -0.384. The van der Waals surface area contributed by atoms with Crippen LogP contribution in [0.5, 0.6) is 0 Å². The first-order valence-corrected chi connectivity index (χ1v) is 3.85. The predicted molar refractivity (Wildman–Crippen MR) is 50.8 cm³/mol. The van der Waals surface area contributed by atoms with Crippen LogP contribution in [-0.4, -0.2) is 11.2 Å². The molecule has 0 radical (unpaired) electrons. The van der Waals surface area contributed by atoms with Gasteiger partial charge < -0.3 is 0 Å². The summed E-state index contributed by atoms with van der Waals surface area (Å²) in [6.07, 6.45) is 0.487. The summed E-state index contributed by atoms with van der Waals surface area (Å²) in [5.74, 6) is 4.84. The minimum Gasteiger partial charge on any atom is -0.289 e. The number of aryl methyl sites for hydroxylation is 1. The molecule has 0 unspecified atom stereocenters. The summed E-state index contributed by atoms with van der Waals surface area (Å²) in [6.45, 7) is 1.71. The topological polar surface area (TPSA) is 60.2 Å². The Kier molecular flexibility index (Phi) is 2.97. The van der Waals surface area contributed by atoms with Gasteiger partial charge in [0.2, 0.25) is 0 Å². The molecule has 0 bridgehead atoms. The highest BCUT2D eigenvalue weighted by molar-refractivity contribution is 5.74. The molecule has 70 valence electrons. The number of rotatable bonds is 1. The van der Waals surface area contributed by atoms with Gasteiger partial charge in [0.25, 0.3) is 5.69 Å². The van der Waals surface area contributed by atoms with Crippen LogP contribution in [0.4, 0.5) is 5.69 Å². The Morgan fingerprint density at radius 3 is 2.71 bits per heavy atom. The first-order valence-electron chi connectivity index (χ1n) is 3.85. The maximum absolute atomic E-state index is 10.4. The van der Waals surface area contributed by atoms with Crippen LogP contribution < -0.4 is 0 Å². The van der Waals surface area contributed by atoms with E-state index < -0.39 is 4.92 Å². The van der Waals surface area contributed by atoms with Crippen LogP contribution in [0.25, 0.3) is 0 Å². The van der Waals surface area contributed by atoms with Crippen LogP contribution in [0.2, 0.25) is 0 Å². The quantitative estimate of drug-likeness (QED) is 0.291. The Morgan fingerprint density at radius 2 is 2.21 bits per heavy atom. The molecule has 1 aromatic rings. The van der Waals surface area contributed by atoms with Crippen molar-refractivity contribution in [3.05, 3.63) is 39.4 Å². The summed E-state index contributed by atoms with van der Waals surface area (Å²) >= 11 is 0. The van der Waals surface area contributed by atoms with Crippen LogP contribution in [0.1, 0.15) is 11.1 Å². The first-order chi connectivity index (χ1) is 6.65. The maximum Gasteiger partial charge on any atom is 0.269 e. The number of carbonyl (C=O) groups is 1. The summed E-state index contributed by atoms with van der Waals surface area (Å²) in [5, 5.41) is 10.4. The van der Waals surface area contributed by atoms with E-state index in [4.69, 9.17) is 0 Å². The third-order valence-corrected chi connectivity index (χ3v) is 1.69. The lowest BCUT2D eigenvalue weighted by Gasteiger charge is -1.96. The fourth-order valence-electron chi connectivity index (χ4n) is 1.01. The van der Waals surface area contributed by atoms with E-state index in [0.717, 1.165) is 0 Å². The molecule has 0 aliphatic heterocycles. The standard InChI is InChI=1S/C10H7NO3/c1-8-7-10(11(13)14)5-4-9(8)3-2-6-12/h4-7H,1H3. The highest BCUT2D eigenvalue weighted by atomic mass is 16.6. The van der Waals surface area contributed by atoms with Crippen LogP contribution in [0.3, 0.4) is 0 Å². The van der Waals surface area contributed by atoms with E-state index in [1.54, 1.807) is 6.92 Å². The van der Waals surface area contributed by atoms with Gasteiger partial charge in [-0.1, -0.05) is 5.92 Å². The molecule has 0 aliphatic carbocycles. The number of nitro groups is 1. The van der Waals surface area contributed by atoms with Crippen molar-refractivity contribution in [1.82, 2.24) is 0 Å². The minimum absolute atomic E-state index is 0.0270. The number of aldehydes is 1. The number of nitrogens with zero attached hydrogens (tertiary/aromatic N) is 1. The third kappa shape index (κ3) is 2.17. The molecule has 0 aliphatic rings. The molecule has 0 saturated carbocycles. The number of hydrogen-bond donors (Lipinski definition) is 0. The van der Waals surface area contributed by atoms with Crippen LogP contribution in [0.15, 0.2) is 18.2 Å². The summed E-state index contributed by atoms with van der Waals surface area (Å²) in [7, 11) is 0. The molecule has 0 N–H and O–H groups in total. The average molecular weight is 189 g/mol. The minimum atomic E-state index is -0.468. The second-order valence-electron chi connectivity index (χ2n) is 2.64. The van der Waals surface area contributed by atoms with Gasteiger partial charge in [0.1, 0.15) is 0 Å². The fraction of sp³-hybridized carbons (Fsp3) is 0.100. The Morgan fingerprint density at radius 1 is 1.50 bits per heavy atom. The molecule has 0 fully saturated rings. The maximum atomic E-state index is 10.4. The second kappa shape index (κ2) is 4.19. The monoisotopic (exact) mass is 189 g/mol. The van der Waals surface area contributed by atoms with Crippen molar-refractivity contribution < 1.29 is 9.72 Å². The molecular formula is C10H7NO3. The summed E-state index contributed by atoms with van der Waals surface area (Å²) in [4.78, 5) is 19.9.